The molecule has 0 aliphatic rings. The van der Waals surface area contributed by atoms with Gasteiger partial charge < -0.3 is 14.8 Å². The number of anilines is 1. The van der Waals surface area contributed by atoms with Crippen molar-refractivity contribution < 1.29 is 14.3 Å². The van der Waals surface area contributed by atoms with E-state index in [1.165, 1.54) is 6.08 Å². The minimum Gasteiger partial charge on any atom is -0.493 e. The summed E-state index contributed by atoms with van der Waals surface area (Å²) in [6.07, 6.45) is 3.09. The normalized spacial score (nSPS) is 10.5. The van der Waals surface area contributed by atoms with Gasteiger partial charge in [-0.25, -0.2) is 0 Å². The standard InChI is InChI=1S/C17H16BrNO3/c1-21-16-8-7-14(11-17(16)22-2)19-10-9-15(20)12-3-5-13(18)6-4-12/h3-11,19H,1-2H3. The molecule has 0 spiro atoms. The summed E-state index contributed by atoms with van der Waals surface area (Å²) in [6.45, 7) is 0. The smallest absolute Gasteiger partial charge is 0.187 e. The predicted molar refractivity (Wildman–Crippen MR) is 90.8 cm³/mol. The molecule has 0 radical (unpaired) electrons. The number of rotatable bonds is 6. The lowest BCUT2D eigenvalue weighted by Gasteiger charge is -2.09. The van der Waals surface area contributed by atoms with Crippen LogP contribution in [-0.4, -0.2) is 20.0 Å². The van der Waals surface area contributed by atoms with E-state index in [-0.39, 0.29) is 5.78 Å². The first kappa shape index (κ1) is 16.1. The van der Waals surface area contributed by atoms with Gasteiger partial charge in [0.05, 0.1) is 14.2 Å². The Bertz CT molecular complexity index is 681. The van der Waals surface area contributed by atoms with Gasteiger partial charge in [-0.15, -0.1) is 0 Å². The zero-order chi connectivity index (χ0) is 15.9. The molecule has 0 fully saturated rings. The second-order valence-corrected chi connectivity index (χ2v) is 5.33. The minimum atomic E-state index is -0.0690. The van der Waals surface area contributed by atoms with Crippen molar-refractivity contribution in [1.82, 2.24) is 0 Å². The van der Waals surface area contributed by atoms with Crippen molar-refractivity contribution in [3.8, 4) is 11.5 Å². The van der Waals surface area contributed by atoms with Gasteiger partial charge in [-0.1, -0.05) is 15.9 Å². The number of nitrogens with one attached hydrogen (secondary N) is 1. The summed E-state index contributed by atoms with van der Waals surface area (Å²) in [5.74, 6) is 1.21. The highest BCUT2D eigenvalue weighted by molar-refractivity contribution is 9.10. The van der Waals surface area contributed by atoms with Gasteiger partial charge in [-0.2, -0.15) is 0 Å². The van der Waals surface area contributed by atoms with E-state index < -0.39 is 0 Å². The van der Waals surface area contributed by atoms with E-state index in [0.717, 1.165) is 10.2 Å². The van der Waals surface area contributed by atoms with Crippen LogP contribution in [0.4, 0.5) is 5.69 Å². The van der Waals surface area contributed by atoms with Crippen LogP contribution >= 0.6 is 15.9 Å². The van der Waals surface area contributed by atoms with E-state index in [9.17, 15) is 4.79 Å². The van der Waals surface area contributed by atoms with Crippen molar-refractivity contribution in [2.45, 2.75) is 0 Å². The summed E-state index contributed by atoms with van der Waals surface area (Å²) in [5, 5.41) is 3.04. The fourth-order valence-electron chi connectivity index (χ4n) is 1.85. The fraction of sp³-hybridized carbons (Fsp3) is 0.118. The molecule has 0 amide bonds. The molecule has 0 bridgehead atoms. The topological polar surface area (TPSA) is 47.6 Å². The number of hydrogen-bond acceptors (Lipinski definition) is 4. The lowest BCUT2D eigenvalue weighted by atomic mass is 10.1. The van der Waals surface area contributed by atoms with Crippen LogP contribution in [0.1, 0.15) is 10.4 Å². The van der Waals surface area contributed by atoms with E-state index >= 15 is 0 Å². The van der Waals surface area contributed by atoms with Gasteiger partial charge in [0.25, 0.3) is 0 Å². The Kier molecular flexibility index (Phi) is 5.61. The highest BCUT2D eigenvalue weighted by atomic mass is 79.9. The molecule has 1 N–H and O–H groups in total. The molecule has 0 aliphatic carbocycles. The van der Waals surface area contributed by atoms with Crippen molar-refractivity contribution in [3.63, 3.8) is 0 Å². The summed E-state index contributed by atoms with van der Waals surface area (Å²) in [4.78, 5) is 12.0. The summed E-state index contributed by atoms with van der Waals surface area (Å²) < 4.78 is 11.3. The molecule has 4 nitrogen and oxygen atoms in total. The number of ether oxygens (including phenoxy) is 2. The largest absolute Gasteiger partial charge is 0.493 e. The Morgan fingerprint density at radius 1 is 1.05 bits per heavy atom. The first-order valence-electron chi connectivity index (χ1n) is 6.59. The number of allylic oxidation sites excluding steroid dienone is 1. The second kappa shape index (κ2) is 7.66. The third-order valence-electron chi connectivity index (χ3n) is 3.00. The maximum atomic E-state index is 12.0. The average Bonchev–Trinajstić information content (AvgIpc) is 2.55. The van der Waals surface area contributed by atoms with E-state index in [2.05, 4.69) is 21.2 Å². The van der Waals surface area contributed by atoms with Crippen molar-refractivity contribution in [1.29, 1.82) is 0 Å². The number of ketones is 1. The Labute approximate surface area is 137 Å². The van der Waals surface area contributed by atoms with E-state index in [1.807, 2.05) is 18.2 Å². The number of benzene rings is 2. The van der Waals surface area contributed by atoms with Crippen molar-refractivity contribution >= 4 is 27.4 Å². The van der Waals surface area contributed by atoms with Crippen LogP contribution in [0.2, 0.25) is 0 Å². The van der Waals surface area contributed by atoms with Crippen molar-refractivity contribution in [2.75, 3.05) is 19.5 Å². The molecular formula is C17H16BrNO3. The third-order valence-corrected chi connectivity index (χ3v) is 3.53. The summed E-state index contributed by atoms with van der Waals surface area (Å²) in [5.41, 5.74) is 1.44. The van der Waals surface area contributed by atoms with E-state index in [4.69, 9.17) is 9.47 Å². The van der Waals surface area contributed by atoms with Crippen molar-refractivity contribution in [3.05, 3.63) is 64.8 Å². The number of methoxy groups -OCH3 is 2. The fourth-order valence-corrected chi connectivity index (χ4v) is 2.11. The van der Waals surface area contributed by atoms with Gasteiger partial charge >= 0.3 is 0 Å². The van der Waals surface area contributed by atoms with Crippen LogP contribution in [0.5, 0.6) is 11.5 Å². The molecule has 0 heterocycles. The molecule has 0 atom stereocenters. The summed E-state index contributed by atoms with van der Waals surface area (Å²) in [6, 6.07) is 12.7. The molecule has 114 valence electrons. The molecule has 2 rings (SSSR count). The molecule has 2 aromatic carbocycles. The van der Waals surface area contributed by atoms with Crippen LogP contribution in [-0.2, 0) is 0 Å². The molecule has 0 unspecified atom stereocenters. The molecule has 5 heteroatoms. The number of hydrogen-bond donors (Lipinski definition) is 1. The zero-order valence-electron chi connectivity index (χ0n) is 12.3. The second-order valence-electron chi connectivity index (χ2n) is 4.42. The van der Waals surface area contributed by atoms with Crippen molar-refractivity contribution in [2.24, 2.45) is 0 Å². The Morgan fingerprint density at radius 2 is 1.73 bits per heavy atom. The zero-order valence-corrected chi connectivity index (χ0v) is 13.9. The molecule has 0 saturated carbocycles. The third kappa shape index (κ3) is 4.11. The highest BCUT2D eigenvalue weighted by Crippen LogP contribution is 2.29. The average molecular weight is 362 g/mol. The SMILES string of the molecule is COc1ccc(NC=CC(=O)c2ccc(Br)cc2)cc1OC. The van der Waals surface area contributed by atoms with Crippen LogP contribution in [0, 0.1) is 0 Å². The number of carbonyl (C=O) groups is 1. The number of carbonyl (C=O) groups excluding carboxylic acids is 1. The van der Waals surface area contributed by atoms with Crippen LogP contribution < -0.4 is 14.8 Å². The first-order valence-corrected chi connectivity index (χ1v) is 7.38. The molecule has 2 aromatic rings. The van der Waals surface area contributed by atoms with Gasteiger partial charge in [-0.3, -0.25) is 4.79 Å². The van der Waals surface area contributed by atoms with Crippen LogP contribution in [0.3, 0.4) is 0 Å². The molecule has 0 saturated heterocycles. The Morgan fingerprint density at radius 3 is 2.36 bits per heavy atom. The predicted octanol–water partition coefficient (Wildman–Crippen LogP) is 4.27. The van der Waals surface area contributed by atoms with Crippen LogP contribution in [0.15, 0.2) is 59.2 Å². The summed E-state index contributed by atoms with van der Waals surface area (Å²) in [7, 11) is 3.16. The van der Waals surface area contributed by atoms with Gasteiger partial charge in [0, 0.05) is 34.1 Å². The molecule has 0 aromatic heterocycles. The van der Waals surface area contributed by atoms with Gasteiger partial charge in [0.2, 0.25) is 0 Å². The maximum Gasteiger partial charge on any atom is 0.187 e. The van der Waals surface area contributed by atoms with Gasteiger partial charge in [-0.05, 0) is 36.4 Å². The monoisotopic (exact) mass is 361 g/mol. The minimum absolute atomic E-state index is 0.0690. The van der Waals surface area contributed by atoms with E-state index in [1.54, 1.807) is 44.7 Å². The van der Waals surface area contributed by atoms with Gasteiger partial charge in [0.1, 0.15) is 0 Å². The molecular weight excluding hydrogens is 346 g/mol. The highest BCUT2D eigenvalue weighted by Gasteiger charge is 2.04. The maximum absolute atomic E-state index is 12.0. The Balaban J connectivity index is 2.03. The first-order chi connectivity index (χ1) is 10.6. The Hall–Kier alpha value is -2.27. The van der Waals surface area contributed by atoms with Gasteiger partial charge in [0.15, 0.2) is 17.3 Å². The lowest BCUT2D eigenvalue weighted by molar-refractivity contribution is 0.104. The number of halogens is 1. The molecule has 0 aliphatic heterocycles. The lowest BCUT2D eigenvalue weighted by Crippen LogP contribution is -1.97. The molecule has 22 heavy (non-hydrogen) atoms. The summed E-state index contributed by atoms with van der Waals surface area (Å²) >= 11 is 3.34. The van der Waals surface area contributed by atoms with E-state index in [0.29, 0.717) is 17.1 Å². The quantitative estimate of drug-likeness (QED) is 0.616. The van der Waals surface area contributed by atoms with Crippen LogP contribution in [0.25, 0.3) is 0 Å².